The molecule has 0 saturated carbocycles. The van der Waals surface area contributed by atoms with Gasteiger partial charge in [-0.3, -0.25) is 4.79 Å². The summed E-state index contributed by atoms with van der Waals surface area (Å²) < 4.78 is 12.9. The summed E-state index contributed by atoms with van der Waals surface area (Å²) >= 11 is 1.63. The molecule has 3 atom stereocenters. The first-order valence-corrected chi connectivity index (χ1v) is 19.8. The lowest BCUT2D eigenvalue weighted by atomic mass is 10.0. The van der Waals surface area contributed by atoms with Gasteiger partial charge in [0.15, 0.2) is 6.29 Å². The molecule has 1 aliphatic heterocycles. The van der Waals surface area contributed by atoms with Crippen molar-refractivity contribution in [2.75, 3.05) is 5.75 Å². The van der Waals surface area contributed by atoms with E-state index in [-0.39, 0.29) is 30.3 Å². The van der Waals surface area contributed by atoms with Gasteiger partial charge in [0.1, 0.15) is 0 Å². The zero-order valence-corrected chi connectivity index (χ0v) is 30.6. The van der Waals surface area contributed by atoms with Crippen molar-refractivity contribution in [3.63, 3.8) is 0 Å². The van der Waals surface area contributed by atoms with Crippen LogP contribution in [0.1, 0.15) is 148 Å². The van der Waals surface area contributed by atoms with Gasteiger partial charge in [-0.15, -0.1) is 11.8 Å². The number of benzene rings is 3. The second kappa shape index (κ2) is 22.6. The van der Waals surface area contributed by atoms with E-state index in [0.29, 0.717) is 25.1 Å². The van der Waals surface area contributed by atoms with Crippen LogP contribution in [0.15, 0.2) is 77.7 Å². The fourth-order valence-corrected chi connectivity index (χ4v) is 7.21. The fraction of sp³-hybridized carbons (Fsp3) is 0.524. The van der Waals surface area contributed by atoms with Gasteiger partial charge in [-0.05, 0) is 47.4 Å². The van der Waals surface area contributed by atoms with Gasteiger partial charge in [0.25, 0.3) is 0 Å². The summed E-state index contributed by atoms with van der Waals surface area (Å²) in [4.78, 5) is 24.7. The van der Waals surface area contributed by atoms with Gasteiger partial charge in [-0.1, -0.05) is 133 Å². The monoisotopic (exact) mass is 703 g/mol. The summed E-state index contributed by atoms with van der Waals surface area (Å²) in [5.74, 6) is -0.157. The number of hydrogen-bond donors (Lipinski definition) is 3. The van der Waals surface area contributed by atoms with Crippen LogP contribution in [0, 0.1) is 0 Å². The van der Waals surface area contributed by atoms with E-state index in [2.05, 4.69) is 12.2 Å². The van der Waals surface area contributed by atoms with Gasteiger partial charge in [-0.25, -0.2) is 4.79 Å². The molecule has 0 radical (unpaired) electrons. The van der Waals surface area contributed by atoms with Crippen LogP contribution in [0.5, 0.6) is 0 Å². The summed E-state index contributed by atoms with van der Waals surface area (Å²) in [7, 11) is 0. The molecular weight excluding hydrogens is 647 g/mol. The molecule has 0 spiro atoms. The number of ether oxygens (including phenoxy) is 2. The number of aromatic carboxylic acids is 1. The topological polar surface area (TPSA) is 105 Å². The zero-order valence-electron chi connectivity index (χ0n) is 29.8. The van der Waals surface area contributed by atoms with E-state index in [0.717, 1.165) is 40.0 Å². The Morgan fingerprint density at radius 1 is 0.720 bits per heavy atom. The molecule has 272 valence electrons. The number of carbonyl (C=O) groups excluding carboxylic acids is 1. The number of thioether (sulfide) groups is 1. The Morgan fingerprint density at radius 2 is 1.28 bits per heavy atom. The van der Waals surface area contributed by atoms with Crippen molar-refractivity contribution in [2.24, 2.45) is 0 Å². The Hall–Kier alpha value is -3.17. The highest BCUT2D eigenvalue weighted by atomic mass is 32.2. The highest BCUT2D eigenvalue weighted by molar-refractivity contribution is 7.99. The zero-order chi connectivity index (χ0) is 35.4. The molecular formula is C42H57NO6S. The van der Waals surface area contributed by atoms with Crippen molar-refractivity contribution < 1.29 is 29.3 Å². The van der Waals surface area contributed by atoms with Crippen molar-refractivity contribution in [1.29, 1.82) is 0 Å². The van der Waals surface area contributed by atoms with Crippen LogP contribution in [-0.4, -0.2) is 33.9 Å². The number of amides is 1. The molecule has 3 N–H and O–H groups in total. The van der Waals surface area contributed by atoms with Gasteiger partial charge < -0.3 is 25.0 Å². The molecule has 1 saturated heterocycles. The number of unbranched alkanes of at least 4 members (excludes halogenated alkanes) is 12. The van der Waals surface area contributed by atoms with E-state index in [1.54, 1.807) is 23.9 Å². The first kappa shape index (κ1) is 39.6. The molecule has 50 heavy (non-hydrogen) atoms. The number of carbonyl (C=O) groups is 2. The number of hydrogen-bond acceptors (Lipinski definition) is 6. The smallest absolute Gasteiger partial charge is 0.335 e. The van der Waals surface area contributed by atoms with Crippen molar-refractivity contribution in [2.45, 2.75) is 140 Å². The average molecular weight is 704 g/mol. The molecule has 0 aliphatic carbocycles. The summed E-state index contributed by atoms with van der Waals surface area (Å²) in [6.07, 6.45) is 17.2. The molecule has 1 amide bonds. The van der Waals surface area contributed by atoms with E-state index in [1.165, 1.54) is 70.6 Å². The summed E-state index contributed by atoms with van der Waals surface area (Å²) in [5.41, 5.74) is 4.07. The van der Waals surface area contributed by atoms with Crippen molar-refractivity contribution >= 4 is 23.6 Å². The normalized spacial score (nSPS) is 17.4. The van der Waals surface area contributed by atoms with Gasteiger partial charge in [0, 0.05) is 35.6 Å². The first-order valence-electron chi connectivity index (χ1n) is 18.8. The number of carboxylic acid groups (broad SMARTS) is 1. The summed E-state index contributed by atoms with van der Waals surface area (Å²) in [6.45, 7) is 2.75. The van der Waals surface area contributed by atoms with Crippen LogP contribution in [0.25, 0.3) is 0 Å². The molecule has 1 heterocycles. The minimum atomic E-state index is -0.939. The third kappa shape index (κ3) is 14.2. The number of aliphatic hydroxyl groups is 1. The van der Waals surface area contributed by atoms with E-state index >= 15 is 0 Å². The Labute approximate surface area is 303 Å². The average Bonchev–Trinajstić information content (AvgIpc) is 3.15. The maximum absolute atomic E-state index is 12.5. The molecule has 7 nitrogen and oxygen atoms in total. The minimum Gasteiger partial charge on any atom is -0.478 e. The molecule has 1 unspecified atom stereocenters. The molecule has 1 fully saturated rings. The molecule has 1 aliphatic rings. The van der Waals surface area contributed by atoms with Crippen molar-refractivity contribution in [1.82, 2.24) is 5.32 Å². The summed E-state index contributed by atoms with van der Waals surface area (Å²) in [5, 5.41) is 21.8. The van der Waals surface area contributed by atoms with E-state index in [4.69, 9.17) is 9.47 Å². The number of aliphatic hydroxyl groups excluding tert-OH is 1. The lowest BCUT2D eigenvalue weighted by Gasteiger charge is -2.36. The Balaban J connectivity index is 1.20. The standard InChI is InChI=1S/C42H57NO6S/c1-2-3-4-5-6-7-8-9-10-11-12-13-14-15-40(45)43-29-32-16-22-36(23-17-32)42-48-37(31-50-38-26-24-35(25-27-38)41(46)47)28-39(49-42)34-20-18-33(30-44)19-21-34/h16-27,37,39,42,44H,2-15,28-31H2,1H3,(H,43,45)(H,46,47)/t37-,39+,42?/m0/s1. The second-order valence-electron chi connectivity index (χ2n) is 13.5. The second-order valence-corrected chi connectivity index (χ2v) is 14.6. The lowest BCUT2D eigenvalue weighted by Crippen LogP contribution is -2.31. The largest absolute Gasteiger partial charge is 0.478 e. The maximum Gasteiger partial charge on any atom is 0.335 e. The molecule has 4 rings (SSSR count). The Morgan fingerprint density at radius 3 is 1.86 bits per heavy atom. The van der Waals surface area contributed by atoms with Crippen LogP contribution in [0.3, 0.4) is 0 Å². The van der Waals surface area contributed by atoms with Gasteiger partial charge in [-0.2, -0.15) is 0 Å². The predicted octanol–water partition coefficient (Wildman–Crippen LogP) is 10.3. The van der Waals surface area contributed by atoms with Crippen LogP contribution >= 0.6 is 11.8 Å². The molecule has 0 aromatic heterocycles. The third-order valence-corrected chi connectivity index (χ3v) is 10.5. The highest BCUT2D eigenvalue weighted by Crippen LogP contribution is 2.39. The third-order valence-electron chi connectivity index (χ3n) is 9.40. The molecule has 3 aromatic rings. The number of nitrogens with one attached hydrogen (secondary N) is 1. The van der Waals surface area contributed by atoms with E-state index in [1.807, 2.05) is 60.7 Å². The van der Waals surface area contributed by atoms with Crippen LogP contribution in [0.4, 0.5) is 0 Å². The number of carboxylic acids is 1. The van der Waals surface area contributed by atoms with Gasteiger partial charge in [0.05, 0.1) is 24.4 Å². The van der Waals surface area contributed by atoms with Crippen molar-refractivity contribution in [3.8, 4) is 0 Å². The van der Waals surface area contributed by atoms with Crippen LogP contribution < -0.4 is 5.32 Å². The quantitative estimate of drug-likeness (QED) is 0.0667. The Kier molecular flexibility index (Phi) is 17.9. The van der Waals surface area contributed by atoms with Crippen molar-refractivity contribution in [3.05, 3.63) is 101 Å². The number of rotatable bonds is 23. The molecule has 0 bridgehead atoms. The van der Waals surface area contributed by atoms with Gasteiger partial charge in [0.2, 0.25) is 5.91 Å². The molecule has 8 heteroatoms. The lowest BCUT2D eigenvalue weighted by molar-refractivity contribution is -0.245. The van der Waals surface area contributed by atoms with Gasteiger partial charge >= 0.3 is 5.97 Å². The fourth-order valence-electron chi connectivity index (χ4n) is 6.29. The first-order chi connectivity index (χ1) is 24.4. The summed E-state index contributed by atoms with van der Waals surface area (Å²) in [6, 6.07) is 22.8. The predicted molar refractivity (Wildman–Crippen MR) is 201 cm³/mol. The maximum atomic E-state index is 12.5. The van der Waals surface area contributed by atoms with Crippen LogP contribution in [-0.2, 0) is 27.4 Å². The SMILES string of the molecule is CCCCCCCCCCCCCCCC(=O)NCc1ccc(C2O[C@H](CSc3ccc(C(=O)O)cc3)C[C@H](c3ccc(CO)cc3)O2)cc1. The highest BCUT2D eigenvalue weighted by Gasteiger charge is 2.32. The van der Waals surface area contributed by atoms with E-state index < -0.39 is 12.3 Å². The van der Waals surface area contributed by atoms with Crippen LogP contribution in [0.2, 0.25) is 0 Å². The molecule has 3 aromatic carbocycles. The Bertz CT molecular complexity index is 1400. The minimum absolute atomic E-state index is 0.0102. The van der Waals surface area contributed by atoms with E-state index in [9.17, 15) is 19.8 Å².